The molecule has 1 aromatic carbocycles. The lowest BCUT2D eigenvalue weighted by molar-refractivity contribution is -0.139. The van der Waals surface area contributed by atoms with Crippen molar-refractivity contribution >= 4 is 23.5 Å². The zero-order valence-electron chi connectivity index (χ0n) is 16.9. The molecule has 0 spiro atoms. The molecule has 3 amide bonds. The predicted molar refractivity (Wildman–Crippen MR) is 113 cm³/mol. The van der Waals surface area contributed by atoms with Crippen LogP contribution in [-0.4, -0.2) is 71.7 Å². The number of piperidine rings is 1. The van der Waals surface area contributed by atoms with Crippen LogP contribution < -0.4 is 10.1 Å². The number of amides is 3. The van der Waals surface area contributed by atoms with E-state index in [-0.39, 0.29) is 30.7 Å². The lowest BCUT2D eigenvalue weighted by atomic mass is 9.91. The normalized spacial score (nSPS) is 23.6. The quantitative estimate of drug-likeness (QED) is 0.790. The van der Waals surface area contributed by atoms with Gasteiger partial charge in [0.25, 0.3) is 0 Å². The summed E-state index contributed by atoms with van der Waals surface area (Å²) < 4.78 is 11.3. The Labute approximate surface area is 185 Å². The Morgan fingerprint density at radius 1 is 1.13 bits per heavy atom. The summed E-state index contributed by atoms with van der Waals surface area (Å²) >= 11 is 5.94. The van der Waals surface area contributed by atoms with Crippen LogP contribution in [0.25, 0.3) is 0 Å². The first-order chi connectivity index (χ1) is 15.0. The zero-order chi connectivity index (χ0) is 21.4. The number of benzene rings is 1. The van der Waals surface area contributed by atoms with Gasteiger partial charge < -0.3 is 24.6 Å². The maximum atomic E-state index is 12.9. The van der Waals surface area contributed by atoms with E-state index in [9.17, 15) is 9.59 Å². The van der Waals surface area contributed by atoms with Crippen LogP contribution in [0.1, 0.15) is 17.9 Å². The highest BCUT2D eigenvalue weighted by Crippen LogP contribution is 2.31. The third-order valence-corrected chi connectivity index (χ3v) is 6.22. The van der Waals surface area contributed by atoms with Crippen LogP contribution >= 0.6 is 11.6 Å². The molecule has 0 aliphatic carbocycles. The number of rotatable bonds is 3. The molecule has 3 aliphatic heterocycles. The zero-order valence-corrected chi connectivity index (χ0v) is 17.6. The molecule has 1 N–H and O–H groups in total. The van der Waals surface area contributed by atoms with Gasteiger partial charge in [-0.2, -0.15) is 0 Å². The molecule has 0 radical (unpaired) electrons. The van der Waals surface area contributed by atoms with E-state index >= 15 is 0 Å². The van der Waals surface area contributed by atoms with Gasteiger partial charge >= 0.3 is 6.03 Å². The topological polar surface area (TPSA) is 84.0 Å². The molecule has 5 rings (SSSR count). The van der Waals surface area contributed by atoms with Crippen molar-refractivity contribution in [3.63, 3.8) is 0 Å². The number of aromatic nitrogens is 1. The third kappa shape index (κ3) is 4.31. The minimum atomic E-state index is -0.113. The summed E-state index contributed by atoms with van der Waals surface area (Å²) in [6, 6.07) is 9.52. The van der Waals surface area contributed by atoms with E-state index in [1.165, 1.54) is 5.56 Å². The molecule has 0 unspecified atom stereocenters. The number of urea groups is 1. The molecule has 4 heterocycles. The van der Waals surface area contributed by atoms with E-state index in [0.717, 1.165) is 6.42 Å². The maximum absolute atomic E-state index is 12.9. The van der Waals surface area contributed by atoms with Crippen molar-refractivity contribution < 1.29 is 19.1 Å². The number of hydrogen-bond acceptors (Lipinski definition) is 5. The average Bonchev–Trinajstić information content (AvgIpc) is 2.73. The van der Waals surface area contributed by atoms with Gasteiger partial charge in [0.15, 0.2) is 0 Å². The number of morpholine rings is 1. The van der Waals surface area contributed by atoms with Crippen molar-refractivity contribution in [3.8, 4) is 11.5 Å². The lowest BCUT2D eigenvalue weighted by Crippen LogP contribution is -2.63. The largest absolute Gasteiger partial charge is 0.456 e. The Bertz CT molecular complexity index is 980. The fourth-order valence-corrected chi connectivity index (χ4v) is 4.48. The van der Waals surface area contributed by atoms with E-state index in [0.29, 0.717) is 48.6 Å². The van der Waals surface area contributed by atoms with Gasteiger partial charge in [0, 0.05) is 44.4 Å². The Balaban J connectivity index is 1.13. The van der Waals surface area contributed by atoms with Crippen molar-refractivity contribution in [2.45, 2.75) is 24.5 Å². The van der Waals surface area contributed by atoms with Crippen LogP contribution in [0.15, 0.2) is 42.7 Å². The number of ether oxygens (including phenoxy) is 2. The third-order valence-electron chi connectivity index (χ3n) is 6.01. The van der Waals surface area contributed by atoms with Gasteiger partial charge in [0.05, 0.1) is 23.4 Å². The molecular weight excluding hydrogens is 420 g/mol. The number of nitrogens with one attached hydrogen (secondary N) is 1. The number of carbonyl (C=O) groups is 2. The molecule has 2 aromatic rings. The summed E-state index contributed by atoms with van der Waals surface area (Å²) in [5, 5.41) is 3.46. The lowest BCUT2D eigenvalue weighted by Gasteiger charge is -2.46. The monoisotopic (exact) mass is 442 g/mol. The summed E-state index contributed by atoms with van der Waals surface area (Å²) in [7, 11) is 0. The smallest absolute Gasteiger partial charge is 0.320 e. The van der Waals surface area contributed by atoms with Crippen LogP contribution in [0.5, 0.6) is 11.5 Å². The fourth-order valence-electron chi connectivity index (χ4n) is 4.31. The molecule has 162 valence electrons. The van der Waals surface area contributed by atoms with E-state index in [4.69, 9.17) is 21.1 Å². The molecule has 3 saturated heterocycles. The van der Waals surface area contributed by atoms with Gasteiger partial charge in [-0.25, -0.2) is 4.79 Å². The first-order valence-corrected chi connectivity index (χ1v) is 10.8. The van der Waals surface area contributed by atoms with Gasteiger partial charge in [-0.15, -0.1) is 0 Å². The second-order valence-corrected chi connectivity index (χ2v) is 8.59. The number of pyridine rings is 1. The molecule has 2 atom stereocenters. The van der Waals surface area contributed by atoms with Crippen LogP contribution in [0.2, 0.25) is 5.02 Å². The van der Waals surface area contributed by atoms with E-state index in [2.05, 4.69) is 10.3 Å². The average molecular weight is 443 g/mol. The molecule has 3 fully saturated rings. The minimum absolute atomic E-state index is 0.00863. The number of halogens is 1. The van der Waals surface area contributed by atoms with Gasteiger partial charge in [0.1, 0.15) is 18.1 Å². The summed E-state index contributed by atoms with van der Waals surface area (Å²) in [4.78, 5) is 32.1. The van der Waals surface area contributed by atoms with Crippen molar-refractivity contribution in [1.29, 1.82) is 0 Å². The van der Waals surface area contributed by atoms with Crippen molar-refractivity contribution in [2.24, 2.45) is 0 Å². The highest BCUT2D eigenvalue weighted by molar-refractivity contribution is 6.30. The maximum Gasteiger partial charge on any atom is 0.320 e. The van der Waals surface area contributed by atoms with Crippen molar-refractivity contribution in [2.75, 3.05) is 32.8 Å². The Hall–Kier alpha value is -2.84. The summed E-state index contributed by atoms with van der Waals surface area (Å²) in [6.45, 7) is 2.64. The van der Waals surface area contributed by atoms with Crippen LogP contribution in [0.4, 0.5) is 4.79 Å². The minimum Gasteiger partial charge on any atom is -0.456 e. The Kier molecular flexibility index (Phi) is 5.41. The summed E-state index contributed by atoms with van der Waals surface area (Å²) in [5.74, 6) is 1.49. The number of hydrogen-bond donors (Lipinski definition) is 1. The first-order valence-electron chi connectivity index (χ1n) is 10.4. The second-order valence-electron chi connectivity index (χ2n) is 8.15. The molecule has 31 heavy (non-hydrogen) atoms. The number of likely N-dealkylation sites (tertiary alicyclic amines) is 2. The van der Waals surface area contributed by atoms with E-state index in [1.807, 2.05) is 34.1 Å². The van der Waals surface area contributed by atoms with Gasteiger partial charge in [-0.05, 0) is 24.1 Å². The van der Waals surface area contributed by atoms with Crippen LogP contribution in [-0.2, 0) is 9.53 Å². The number of fused-ring (bicyclic) bond motifs is 1. The van der Waals surface area contributed by atoms with Crippen molar-refractivity contribution in [3.05, 3.63) is 53.3 Å². The summed E-state index contributed by atoms with van der Waals surface area (Å²) in [5.41, 5.74) is 1.17. The standard InChI is InChI=1S/C22H23ClN4O4/c23-16-7-18(9-24-8-16)31-17-3-1-14(2-4-17)15-10-27(11-15)22(29)26-6-5-20-19(12-26)25-21(28)13-30-20/h1-4,7-9,15,19-20H,5-6,10-13H2,(H,25,28)/t19-,20+/m1/s1. The first kappa shape index (κ1) is 20.1. The summed E-state index contributed by atoms with van der Waals surface area (Å²) in [6.07, 6.45) is 3.93. The fraction of sp³-hybridized carbons (Fsp3) is 0.409. The molecule has 8 nitrogen and oxygen atoms in total. The SMILES string of the molecule is O=C1CO[C@H]2CCN(C(=O)N3CC(c4ccc(Oc5cncc(Cl)c5)cc4)C3)C[C@H]2N1. The van der Waals surface area contributed by atoms with Gasteiger partial charge in [0.2, 0.25) is 5.91 Å². The highest BCUT2D eigenvalue weighted by Gasteiger charge is 2.40. The highest BCUT2D eigenvalue weighted by atomic mass is 35.5. The molecule has 1 aromatic heterocycles. The Morgan fingerprint density at radius 2 is 1.94 bits per heavy atom. The van der Waals surface area contributed by atoms with Crippen molar-refractivity contribution in [1.82, 2.24) is 20.1 Å². The second kappa shape index (κ2) is 8.36. The Morgan fingerprint density at radius 3 is 2.71 bits per heavy atom. The number of nitrogens with zero attached hydrogens (tertiary/aromatic N) is 3. The van der Waals surface area contributed by atoms with Gasteiger partial charge in [-0.3, -0.25) is 9.78 Å². The number of carbonyl (C=O) groups excluding carboxylic acids is 2. The predicted octanol–water partition coefficient (Wildman–Crippen LogP) is 2.64. The molecule has 0 bridgehead atoms. The van der Waals surface area contributed by atoms with Crippen LogP contribution in [0.3, 0.4) is 0 Å². The van der Waals surface area contributed by atoms with E-state index in [1.54, 1.807) is 18.5 Å². The molecule has 9 heteroatoms. The van der Waals surface area contributed by atoms with Crippen LogP contribution in [0, 0.1) is 0 Å². The molecule has 0 saturated carbocycles. The molecular formula is C22H23ClN4O4. The van der Waals surface area contributed by atoms with E-state index < -0.39 is 0 Å². The molecule has 3 aliphatic rings. The van der Waals surface area contributed by atoms with Gasteiger partial charge in [-0.1, -0.05) is 23.7 Å².